The fourth-order valence-corrected chi connectivity index (χ4v) is 2.45. The van der Waals surface area contributed by atoms with Crippen molar-refractivity contribution >= 4 is 17.1 Å². The van der Waals surface area contributed by atoms with Gasteiger partial charge in [0, 0.05) is 0 Å². The van der Waals surface area contributed by atoms with Crippen molar-refractivity contribution in [1.82, 2.24) is 19.2 Å². The Labute approximate surface area is 126 Å². The van der Waals surface area contributed by atoms with Gasteiger partial charge in [0.1, 0.15) is 24.6 Å². The zero-order valence-corrected chi connectivity index (χ0v) is 11.5. The van der Waals surface area contributed by atoms with E-state index in [-0.39, 0.29) is 17.1 Å². The number of nitrogens with two attached hydrogens (primary N) is 1. The largest absolute Gasteiger partial charge is 0.394 e. The number of nitrogens with zero attached hydrogens (tertiary/aromatic N) is 7. The highest BCUT2D eigenvalue weighted by Gasteiger charge is 2.44. The molecule has 1 fully saturated rings. The van der Waals surface area contributed by atoms with Crippen molar-refractivity contribution in [1.29, 1.82) is 0 Å². The summed E-state index contributed by atoms with van der Waals surface area (Å²) in [7, 11) is 0. The lowest BCUT2D eigenvalue weighted by molar-refractivity contribution is -0.0512. The first kappa shape index (κ1) is 15.2. The molecule has 2 aromatic rings. The summed E-state index contributed by atoms with van der Waals surface area (Å²) in [5, 5.41) is 32.4. The van der Waals surface area contributed by atoms with Gasteiger partial charge < -0.3 is 25.8 Å². The van der Waals surface area contributed by atoms with Gasteiger partial charge in [-0.15, -0.1) is 10.2 Å². The molecule has 4 atom stereocenters. The van der Waals surface area contributed by atoms with Crippen molar-refractivity contribution in [2.45, 2.75) is 24.5 Å². The van der Waals surface area contributed by atoms with E-state index >= 15 is 0 Å². The van der Waals surface area contributed by atoms with E-state index in [0.29, 0.717) is 0 Å². The van der Waals surface area contributed by atoms with Gasteiger partial charge in [-0.3, -0.25) is 9.36 Å². The summed E-state index contributed by atoms with van der Waals surface area (Å²) in [6.07, 6.45) is -3.80. The van der Waals surface area contributed by atoms with Crippen molar-refractivity contribution < 1.29 is 20.1 Å². The third-order valence-electron chi connectivity index (χ3n) is 3.52. The first-order valence-corrected chi connectivity index (χ1v) is 6.42. The van der Waals surface area contributed by atoms with E-state index in [4.69, 9.17) is 21.1 Å². The molecule has 0 bridgehead atoms. The third-order valence-corrected chi connectivity index (χ3v) is 3.52. The molecule has 1 aliphatic rings. The quantitative estimate of drug-likeness (QED) is 0.278. The lowest BCUT2D eigenvalue weighted by atomic mass is 10.1. The van der Waals surface area contributed by atoms with Crippen molar-refractivity contribution in [3.05, 3.63) is 27.1 Å². The Morgan fingerprint density at radius 2 is 2.22 bits per heavy atom. The van der Waals surface area contributed by atoms with Gasteiger partial charge in [-0.25, -0.2) is 4.98 Å². The molecule has 13 heteroatoms. The summed E-state index contributed by atoms with van der Waals surface area (Å²) < 4.78 is 7.35. The Hall–Kier alpha value is -2.70. The minimum Gasteiger partial charge on any atom is -0.394 e. The van der Waals surface area contributed by atoms with Gasteiger partial charge in [0.05, 0.1) is 6.61 Å². The van der Waals surface area contributed by atoms with E-state index in [0.717, 1.165) is 11.0 Å². The Kier molecular flexibility index (Phi) is 3.63. The van der Waals surface area contributed by atoms with E-state index in [1.165, 1.54) is 4.57 Å². The zero-order chi connectivity index (χ0) is 16.7. The average molecular weight is 324 g/mol. The predicted molar refractivity (Wildman–Crippen MR) is 73.8 cm³/mol. The lowest BCUT2D eigenvalue weighted by Crippen LogP contribution is -2.33. The number of rotatable bonds is 3. The molecule has 23 heavy (non-hydrogen) atoms. The average Bonchev–Trinajstić information content (AvgIpc) is 3.07. The van der Waals surface area contributed by atoms with Crippen LogP contribution in [0, 0.1) is 0 Å². The van der Waals surface area contributed by atoms with Crippen LogP contribution < -0.4 is 11.3 Å². The number of ether oxygens (including phenoxy) is 1. The van der Waals surface area contributed by atoms with Crippen LogP contribution in [0.5, 0.6) is 0 Å². The fourth-order valence-electron chi connectivity index (χ4n) is 2.45. The minimum atomic E-state index is -1.41. The molecule has 2 unspecified atom stereocenters. The molecule has 0 aromatic carbocycles. The molecule has 2 aromatic heterocycles. The molecule has 0 amide bonds. The normalized spacial score (nSPS) is 27.3. The SMILES string of the molecule is [N-]=[N+]=Nn1c(N)nc(=O)c2ncn([C@@H]3O[C@H](CO)C(O)C3O)c21. The molecule has 3 rings (SSSR count). The molecule has 0 radical (unpaired) electrons. The van der Waals surface area contributed by atoms with Crippen molar-refractivity contribution in [2.24, 2.45) is 5.22 Å². The predicted octanol–water partition coefficient (Wildman–Crippen LogP) is -2.14. The molecule has 1 aliphatic heterocycles. The summed E-state index contributed by atoms with van der Waals surface area (Å²) in [4.78, 5) is 21.8. The minimum absolute atomic E-state index is 0.0601. The van der Waals surface area contributed by atoms with Crippen molar-refractivity contribution in [2.75, 3.05) is 12.3 Å². The number of aliphatic hydroxyl groups is 3. The molecular weight excluding hydrogens is 312 g/mol. The Bertz CT molecular complexity index is 855. The maximum Gasteiger partial charge on any atom is 0.306 e. The van der Waals surface area contributed by atoms with Crippen LogP contribution in [0.25, 0.3) is 21.6 Å². The van der Waals surface area contributed by atoms with E-state index in [9.17, 15) is 15.0 Å². The van der Waals surface area contributed by atoms with Crippen LogP contribution in [0.15, 0.2) is 16.3 Å². The molecule has 0 saturated carbocycles. The third kappa shape index (κ3) is 2.19. The molecule has 1 saturated heterocycles. The van der Waals surface area contributed by atoms with Gasteiger partial charge in [-0.05, 0) is 5.22 Å². The van der Waals surface area contributed by atoms with E-state index in [2.05, 4.69) is 20.1 Å². The fraction of sp³-hybridized carbons (Fsp3) is 0.500. The topological polar surface area (TPSA) is 197 Å². The maximum absolute atomic E-state index is 11.8. The van der Waals surface area contributed by atoms with E-state index in [1.807, 2.05) is 0 Å². The number of aliphatic hydroxyl groups excluding tert-OH is 3. The number of hydrogen-bond acceptors (Lipinski definition) is 9. The van der Waals surface area contributed by atoms with Crippen molar-refractivity contribution in [3.8, 4) is 0 Å². The molecule has 5 N–H and O–H groups in total. The maximum atomic E-state index is 11.8. The van der Waals surface area contributed by atoms with Gasteiger partial charge in [0.25, 0.3) is 0 Å². The second-order valence-electron chi connectivity index (χ2n) is 4.82. The van der Waals surface area contributed by atoms with Crippen LogP contribution in [-0.2, 0) is 4.74 Å². The summed E-state index contributed by atoms with van der Waals surface area (Å²) in [6.45, 7) is -0.520. The number of nitrogen functional groups attached to an aromatic ring is 1. The monoisotopic (exact) mass is 324 g/mol. The van der Waals surface area contributed by atoms with Gasteiger partial charge in [0.15, 0.2) is 11.7 Å². The van der Waals surface area contributed by atoms with E-state index < -0.39 is 36.7 Å². The molecule has 122 valence electrons. The highest BCUT2D eigenvalue weighted by Crippen LogP contribution is 2.31. The van der Waals surface area contributed by atoms with Crippen molar-refractivity contribution in [3.63, 3.8) is 0 Å². The Morgan fingerprint density at radius 3 is 2.83 bits per heavy atom. The summed E-state index contributed by atoms with van der Waals surface area (Å²) in [5.41, 5.74) is 13.2. The van der Waals surface area contributed by atoms with Gasteiger partial charge >= 0.3 is 11.5 Å². The lowest BCUT2D eigenvalue weighted by Gasteiger charge is -2.16. The number of fused-ring (bicyclic) bond motifs is 1. The number of azide groups is 1. The molecule has 0 spiro atoms. The second-order valence-corrected chi connectivity index (χ2v) is 4.82. The highest BCUT2D eigenvalue weighted by molar-refractivity contribution is 5.71. The van der Waals surface area contributed by atoms with Crippen LogP contribution in [0.2, 0.25) is 0 Å². The first-order valence-electron chi connectivity index (χ1n) is 6.42. The van der Waals surface area contributed by atoms with E-state index in [1.54, 1.807) is 0 Å². The summed E-state index contributed by atoms with van der Waals surface area (Å²) in [5.74, 6) is -0.381. The van der Waals surface area contributed by atoms with Gasteiger partial charge in [0.2, 0.25) is 5.65 Å². The molecule has 0 aliphatic carbocycles. The summed E-state index contributed by atoms with van der Waals surface area (Å²) in [6, 6.07) is 0. The van der Waals surface area contributed by atoms with Crippen LogP contribution in [0.4, 0.5) is 5.95 Å². The standard InChI is InChI=1S/C10H12N8O5/c11-10-14-7(22)4-8(18(10)16-15-12)17(2-13-4)9-6(21)5(20)3(1-19)23-9/h2-3,5-6,9,19-21H,1H2,(H2,11,14,22)/t3-,5?,6?,9-/m1/s1. The number of anilines is 1. The number of hydrogen-bond donors (Lipinski definition) is 4. The second kappa shape index (κ2) is 5.49. The van der Waals surface area contributed by atoms with Crippen LogP contribution in [0.3, 0.4) is 0 Å². The van der Waals surface area contributed by atoms with Crippen LogP contribution in [0.1, 0.15) is 6.23 Å². The van der Waals surface area contributed by atoms with Gasteiger partial charge in [-0.2, -0.15) is 9.90 Å². The number of aromatic nitrogens is 4. The van der Waals surface area contributed by atoms with Crippen LogP contribution >= 0.6 is 0 Å². The zero-order valence-electron chi connectivity index (χ0n) is 11.5. The molecular formula is C10H12N8O5. The Morgan fingerprint density at radius 1 is 1.48 bits per heavy atom. The Balaban J connectivity index is 2.23. The first-order chi connectivity index (χ1) is 11.0. The highest BCUT2D eigenvalue weighted by atomic mass is 16.6. The molecule has 3 heterocycles. The smallest absolute Gasteiger partial charge is 0.306 e. The van der Waals surface area contributed by atoms with Gasteiger partial charge in [-0.1, -0.05) is 0 Å². The molecule has 13 nitrogen and oxygen atoms in total. The summed E-state index contributed by atoms with van der Waals surface area (Å²) >= 11 is 0. The number of imidazole rings is 1. The van der Waals surface area contributed by atoms with Crippen LogP contribution in [-0.4, -0.2) is 59.4 Å².